The van der Waals surface area contributed by atoms with Crippen LogP contribution >= 0.6 is 23.4 Å². The molecule has 17 heavy (non-hydrogen) atoms. The van der Waals surface area contributed by atoms with E-state index in [2.05, 4.69) is 0 Å². The van der Waals surface area contributed by atoms with Crippen LogP contribution in [0.2, 0.25) is 5.02 Å². The van der Waals surface area contributed by atoms with Crippen molar-refractivity contribution in [1.82, 2.24) is 0 Å². The summed E-state index contributed by atoms with van der Waals surface area (Å²) < 4.78 is 5.29. The fourth-order valence-corrected chi connectivity index (χ4v) is 2.77. The molecule has 0 saturated heterocycles. The second kappa shape index (κ2) is 5.63. The molecule has 1 heterocycles. The van der Waals surface area contributed by atoms with Gasteiger partial charge in [-0.05, 0) is 49.7 Å². The van der Waals surface area contributed by atoms with Crippen LogP contribution in [-0.2, 0) is 6.42 Å². The molecule has 0 atom stereocenters. The van der Waals surface area contributed by atoms with Crippen LogP contribution in [0.5, 0.6) is 0 Å². The van der Waals surface area contributed by atoms with E-state index in [1.165, 1.54) is 10.5 Å². The Labute approximate surface area is 110 Å². The molecule has 2 N–H and O–H groups in total. The third-order valence-electron chi connectivity index (χ3n) is 2.47. The van der Waals surface area contributed by atoms with Crippen LogP contribution in [0.15, 0.2) is 44.7 Å². The second-order valence-corrected chi connectivity index (χ2v) is 5.25. The average molecular weight is 268 g/mol. The zero-order chi connectivity index (χ0) is 12.3. The van der Waals surface area contributed by atoms with Gasteiger partial charge in [-0.3, -0.25) is 0 Å². The van der Waals surface area contributed by atoms with Gasteiger partial charge >= 0.3 is 0 Å². The van der Waals surface area contributed by atoms with Gasteiger partial charge in [0.05, 0.1) is 11.2 Å². The number of hydrogen-bond donors (Lipinski definition) is 1. The molecule has 2 nitrogen and oxygen atoms in total. The van der Waals surface area contributed by atoms with Crippen LogP contribution < -0.4 is 5.73 Å². The van der Waals surface area contributed by atoms with Gasteiger partial charge in [-0.2, -0.15) is 0 Å². The van der Waals surface area contributed by atoms with Crippen LogP contribution in [0.3, 0.4) is 0 Å². The standard InChI is InChI=1S/C13H14ClNOS/c1-9-12(5-7-16-9)17-13-3-2-11(14)8-10(13)4-6-15/h2-3,5,7-8H,4,6,15H2,1H3. The monoisotopic (exact) mass is 267 g/mol. The molecule has 0 spiro atoms. The first-order chi connectivity index (χ1) is 8.20. The maximum absolute atomic E-state index is 6.00. The Morgan fingerprint density at radius 1 is 1.29 bits per heavy atom. The minimum Gasteiger partial charge on any atom is -0.468 e. The number of aryl methyl sites for hydroxylation is 1. The van der Waals surface area contributed by atoms with Gasteiger partial charge in [-0.1, -0.05) is 23.4 Å². The smallest absolute Gasteiger partial charge is 0.114 e. The highest BCUT2D eigenvalue weighted by Crippen LogP contribution is 2.34. The van der Waals surface area contributed by atoms with E-state index in [0.717, 1.165) is 22.1 Å². The van der Waals surface area contributed by atoms with Crippen molar-refractivity contribution in [3.05, 3.63) is 46.9 Å². The van der Waals surface area contributed by atoms with Crippen molar-refractivity contribution in [3.63, 3.8) is 0 Å². The molecule has 0 unspecified atom stereocenters. The summed E-state index contributed by atoms with van der Waals surface area (Å²) in [7, 11) is 0. The van der Waals surface area contributed by atoms with Gasteiger partial charge in [0.2, 0.25) is 0 Å². The molecule has 1 aromatic carbocycles. The van der Waals surface area contributed by atoms with Crippen molar-refractivity contribution in [2.45, 2.75) is 23.1 Å². The molecule has 0 saturated carbocycles. The number of nitrogens with two attached hydrogens (primary N) is 1. The van der Waals surface area contributed by atoms with Gasteiger partial charge in [0.1, 0.15) is 5.76 Å². The van der Waals surface area contributed by atoms with Crippen LogP contribution in [-0.4, -0.2) is 6.54 Å². The molecule has 0 fully saturated rings. The number of benzene rings is 1. The fraction of sp³-hybridized carbons (Fsp3) is 0.231. The van der Waals surface area contributed by atoms with Crippen LogP contribution in [0.1, 0.15) is 11.3 Å². The van der Waals surface area contributed by atoms with E-state index in [1.807, 2.05) is 31.2 Å². The number of furan rings is 1. The van der Waals surface area contributed by atoms with Crippen molar-refractivity contribution in [2.75, 3.05) is 6.54 Å². The lowest BCUT2D eigenvalue weighted by Gasteiger charge is -2.08. The minimum atomic E-state index is 0.623. The van der Waals surface area contributed by atoms with E-state index in [9.17, 15) is 0 Å². The average Bonchev–Trinajstić information content (AvgIpc) is 2.69. The number of halogens is 1. The molecule has 2 rings (SSSR count). The maximum atomic E-state index is 6.00. The lowest BCUT2D eigenvalue weighted by Crippen LogP contribution is -2.03. The zero-order valence-corrected chi connectivity index (χ0v) is 11.1. The van der Waals surface area contributed by atoms with Crippen molar-refractivity contribution in [3.8, 4) is 0 Å². The fourth-order valence-electron chi connectivity index (χ4n) is 1.60. The zero-order valence-electron chi connectivity index (χ0n) is 9.57. The molecule has 4 heteroatoms. The Kier molecular flexibility index (Phi) is 4.15. The Morgan fingerprint density at radius 3 is 2.76 bits per heavy atom. The highest BCUT2D eigenvalue weighted by molar-refractivity contribution is 7.99. The topological polar surface area (TPSA) is 39.2 Å². The van der Waals surface area contributed by atoms with E-state index in [0.29, 0.717) is 6.54 Å². The van der Waals surface area contributed by atoms with Gasteiger partial charge in [-0.15, -0.1) is 0 Å². The van der Waals surface area contributed by atoms with E-state index in [-0.39, 0.29) is 0 Å². The summed E-state index contributed by atoms with van der Waals surface area (Å²) in [6.45, 7) is 2.58. The SMILES string of the molecule is Cc1occc1Sc1ccc(Cl)cc1CCN. The summed E-state index contributed by atoms with van der Waals surface area (Å²) in [6.07, 6.45) is 2.54. The molecule has 0 radical (unpaired) electrons. The van der Waals surface area contributed by atoms with Gasteiger partial charge < -0.3 is 10.2 Å². The molecule has 1 aromatic heterocycles. The second-order valence-electron chi connectivity index (χ2n) is 3.73. The number of rotatable bonds is 4. The van der Waals surface area contributed by atoms with Crippen molar-refractivity contribution < 1.29 is 4.42 Å². The lowest BCUT2D eigenvalue weighted by atomic mass is 10.1. The van der Waals surface area contributed by atoms with Gasteiger partial charge in [-0.25, -0.2) is 0 Å². The van der Waals surface area contributed by atoms with Crippen LogP contribution in [0.4, 0.5) is 0 Å². The third-order valence-corrected chi connectivity index (χ3v) is 3.96. The van der Waals surface area contributed by atoms with Gasteiger partial charge in [0.15, 0.2) is 0 Å². The molecule has 0 amide bonds. The minimum absolute atomic E-state index is 0.623. The molecule has 0 aliphatic heterocycles. The highest BCUT2D eigenvalue weighted by Gasteiger charge is 2.08. The first-order valence-corrected chi connectivity index (χ1v) is 6.60. The van der Waals surface area contributed by atoms with Crippen molar-refractivity contribution in [2.24, 2.45) is 5.73 Å². The van der Waals surface area contributed by atoms with E-state index in [4.69, 9.17) is 21.8 Å². The van der Waals surface area contributed by atoms with E-state index >= 15 is 0 Å². The first-order valence-electron chi connectivity index (χ1n) is 5.41. The van der Waals surface area contributed by atoms with Crippen LogP contribution in [0.25, 0.3) is 0 Å². The summed E-state index contributed by atoms with van der Waals surface area (Å²) in [6, 6.07) is 7.89. The third kappa shape index (κ3) is 3.06. The van der Waals surface area contributed by atoms with E-state index < -0.39 is 0 Å². The Morgan fingerprint density at radius 2 is 2.12 bits per heavy atom. The highest BCUT2D eigenvalue weighted by atomic mass is 35.5. The summed E-state index contributed by atoms with van der Waals surface area (Å²) in [5.41, 5.74) is 6.80. The lowest BCUT2D eigenvalue weighted by molar-refractivity contribution is 0.527. The van der Waals surface area contributed by atoms with Crippen molar-refractivity contribution >= 4 is 23.4 Å². The summed E-state index contributed by atoms with van der Waals surface area (Å²) in [5.74, 6) is 0.934. The van der Waals surface area contributed by atoms with Crippen LogP contribution in [0, 0.1) is 6.92 Å². The summed E-state index contributed by atoms with van der Waals surface area (Å²) in [4.78, 5) is 2.31. The molecule has 0 aliphatic rings. The Balaban J connectivity index is 2.29. The normalized spacial score (nSPS) is 10.8. The Hall–Kier alpha value is -0.900. The molecular formula is C13H14ClNOS. The molecule has 90 valence electrons. The predicted octanol–water partition coefficient (Wildman–Crippen LogP) is 3.89. The quantitative estimate of drug-likeness (QED) is 0.913. The largest absolute Gasteiger partial charge is 0.468 e. The maximum Gasteiger partial charge on any atom is 0.114 e. The summed E-state index contributed by atoms with van der Waals surface area (Å²) in [5, 5.41) is 0.752. The molecule has 0 aliphatic carbocycles. The predicted molar refractivity (Wildman–Crippen MR) is 71.8 cm³/mol. The van der Waals surface area contributed by atoms with Crippen molar-refractivity contribution in [1.29, 1.82) is 0 Å². The first kappa shape index (κ1) is 12.6. The van der Waals surface area contributed by atoms with Gasteiger partial charge in [0.25, 0.3) is 0 Å². The Bertz CT molecular complexity index is 510. The van der Waals surface area contributed by atoms with Gasteiger partial charge in [0, 0.05) is 9.92 Å². The number of hydrogen-bond acceptors (Lipinski definition) is 3. The van der Waals surface area contributed by atoms with E-state index in [1.54, 1.807) is 18.0 Å². The molecular weight excluding hydrogens is 254 g/mol. The molecule has 2 aromatic rings. The molecule has 0 bridgehead atoms. The summed E-state index contributed by atoms with van der Waals surface area (Å²) >= 11 is 7.69.